The van der Waals surface area contributed by atoms with Gasteiger partial charge in [-0.1, -0.05) is 30.3 Å². The summed E-state index contributed by atoms with van der Waals surface area (Å²) in [4.78, 5) is 2.58. The number of quaternary nitrogens is 1. The number of likely N-dealkylation sites (N-methyl/N-ethyl adjacent to an activating group) is 1. The van der Waals surface area contributed by atoms with Gasteiger partial charge in [-0.25, -0.2) is 0 Å². The minimum absolute atomic E-state index is 0.811. The Morgan fingerprint density at radius 3 is 2.40 bits per heavy atom. The van der Waals surface area contributed by atoms with Gasteiger partial charge in [0.15, 0.2) is 0 Å². The van der Waals surface area contributed by atoms with E-state index in [1.54, 1.807) is 0 Å². The molecule has 1 rings (SSSR count). The minimum Gasteiger partial charge on any atom is -0.422 e. The van der Waals surface area contributed by atoms with Crippen molar-refractivity contribution in [2.24, 2.45) is 4.99 Å². The van der Waals surface area contributed by atoms with Crippen LogP contribution < -0.4 is 0 Å². The quantitative estimate of drug-likeness (QED) is 0.346. The number of nitrogens with zero attached hydrogens (tertiary/aromatic N) is 4. The van der Waals surface area contributed by atoms with Crippen molar-refractivity contribution in [3.05, 3.63) is 41.3 Å². The molecular weight excluding hydrogens is 252 g/mol. The Bertz CT molecular complexity index is 445. The smallest absolute Gasteiger partial charge is 0.104 e. The van der Waals surface area contributed by atoms with Gasteiger partial charge in [-0.05, 0) is 6.92 Å². The lowest BCUT2D eigenvalue weighted by Gasteiger charge is -2.29. The van der Waals surface area contributed by atoms with Gasteiger partial charge in [-0.3, -0.25) is 0 Å². The predicted octanol–water partition coefficient (Wildman–Crippen LogP) is 2.51. The summed E-state index contributed by atoms with van der Waals surface area (Å²) in [5.41, 5.74) is 1.39. The molecule has 20 heavy (non-hydrogen) atoms. The number of benzene rings is 1. The molecule has 0 heterocycles. The van der Waals surface area contributed by atoms with Crippen LogP contribution in [0.3, 0.4) is 0 Å². The number of hydrogen-bond acceptors (Lipinski definition) is 3. The van der Waals surface area contributed by atoms with Crippen LogP contribution in [0.1, 0.15) is 12.5 Å². The standard InChI is InChI=1S/C13H22NO.C2N3/c1-4-15-11-10-14(2,3)12-13-8-6-5-7-9-13;3-1-5-2-4/h5-9H,4,10-12H2,1-3H3;/q+1;-1. The van der Waals surface area contributed by atoms with E-state index in [-0.39, 0.29) is 0 Å². The van der Waals surface area contributed by atoms with Crippen LogP contribution in [-0.2, 0) is 11.3 Å². The van der Waals surface area contributed by atoms with Gasteiger partial charge in [-0.2, -0.15) is 5.26 Å². The molecule has 5 nitrogen and oxygen atoms in total. The molecule has 0 unspecified atom stereocenters. The summed E-state index contributed by atoms with van der Waals surface area (Å²) in [5, 5.41) is 14.9. The maximum atomic E-state index is 7.43. The lowest BCUT2D eigenvalue weighted by atomic mass is 10.2. The van der Waals surface area contributed by atoms with Crippen molar-refractivity contribution in [1.29, 1.82) is 5.26 Å². The maximum Gasteiger partial charge on any atom is 0.104 e. The van der Waals surface area contributed by atoms with Crippen molar-refractivity contribution in [2.75, 3.05) is 33.9 Å². The van der Waals surface area contributed by atoms with Crippen molar-refractivity contribution < 1.29 is 9.22 Å². The van der Waals surface area contributed by atoms with Gasteiger partial charge in [0.1, 0.15) is 13.1 Å². The van der Waals surface area contributed by atoms with E-state index in [1.165, 1.54) is 17.8 Å². The molecule has 0 radical (unpaired) electrons. The maximum absolute atomic E-state index is 7.43. The first-order chi connectivity index (χ1) is 9.55. The molecular formula is C15H22N4O. The van der Waals surface area contributed by atoms with Crippen LogP contribution in [0.25, 0.3) is 5.41 Å². The second-order valence-corrected chi connectivity index (χ2v) is 4.81. The molecule has 0 aliphatic heterocycles. The topological polar surface area (TPSA) is 67.7 Å². The van der Waals surface area contributed by atoms with E-state index in [0.29, 0.717) is 0 Å². The van der Waals surface area contributed by atoms with E-state index >= 15 is 0 Å². The third-order valence-electron chi connectivity index (χ3n) is 2.60. The lowest BCUT2D eigenvalue weighted by molar-refractivity contribution is -0.904. The second-order valence-electron chi connectivity index (χ2n) is 4.81. The van der Waals surface area contributed by atoms with Crippen molar-refractivity contribution in [3.63, 3.8) is 0 Å². The molecule has 1 aromatic carbocycles. The molecule has 0 atom stereocenters. The first-order valence-corrected chi connectivity index (χ1v) is 6.47. The zero-order chi connectivity index (χ0) is 15.3. The van der Waals surface area contributed by atoms with E-state index in [2.05, 4.69) is 49.4 Å². The van der Waals surface area contributed by atoms with E-state index in [1.807, 2.05) is 6.92 Å². The van der Waals surface area contributed by atoms with Gasteiger partial charge in [0.2, 0.25) is 0 Å². The summed E-state index contributed by atoms with van der Waals surface area (Å²) < 4.78 is 6.37. The average molecular weight is 274 g/mol. The fraction of sp³-hybridized carbons (Fsp3) is 0.467. The van der Waals surface area contributed by atoms with Crippen LogP contribution >= 0.6 is 0 Å². The second kappa shape index (κ2) is 10.9. The van der Waals surface area contributed by atoms with Gasteiger partial charge in [0.05, 0.1) is 26.9 Å². The van der Waals surface area contributed by atoms with Gasteiger partial charge in [-0.15, -0.1) is 6.01 Å². The Morgan fingerprint density at radius 2 is 1.95 bits per heavy atom. The molecule has 108 valence electrons. The number of ether oxygens (including phenoxy) is 1. The van der Waals surface area contributed by atoms with Crippen LogP contribution in [0.5, 0.6) is 0 Å². The largest absolute Gasteiger partial charge is 0.422 e. The number of hydrogen-bond donors (Lipinski definition) is 0. The molecule has 0 aliphatic rings. The van der Waals surface area contributed by atoms with Crippen molar-refractivity contribution in [2.45, 2.75) is 13.5 Å². The summed E-state index contributed by atoms with van der Waals surface area (Å²) in [7, 11) is 4.48. The highest BCUT2D eigenvalue weighted by atomic mass is 16.5. The van der Waals surface area contributed by atoms with Gasteiger partial charge < -0.3 is 19.6 Å². The number of rotatable bonds is 6. The molecule has 0 aromatic heterocycles. The minimum atomic E-state index is 0.811. The SMILES string of the molecule is CCOCC[N+](C)(C)Cc1ccccc1.N#CN=C=[N-]. The lowest BCUT2D eigenvalue weighted by Crippen LogP contribution is -2.41. The summed E-state index contributed by atoms with van der Waals surface area (Å²) in [5.74, 6) is 0. The highest BCUT2D eigenvalue weighted by Gasteiger charge is 2.14. The third-order valence-corrected chi connectivity index (χ3v) is 2.60. The molecule has 0 amide bonds. The fourth-order valence-electron chi connectivity index (χ4n) is 1.64. The first kappa shape index (κ1) is 18.0. The monoisotopic (exact) mass is 274 g/mol. The van der Waals surface area contributed by atoms with Crippen molar-refractivity contribution >= 4 is 6.01 Å². The Kier molecular flexibility index (Phi) is 9.81. The zero-order valence-corrected chi connectivity index (χ0v) is 12.4. The van der Waals surface area contributed by atoms with Crippen molar-refractivity contribution in [1.82, 2.24) is 0 Å². The molecule has 0 bridgehead atoms. The normalized spacial score (nSPS) is 9.70. The molecule has 0 fully saturated rings. The Balaban J connectivity index is 0.000000621. The van der Waals surface area contributed by atoms with E-state index < -0.39 is 0 Å². The van der Waals surface area contributed by atoms with Crippen LogP contribution in [0.4, 0.5) is 0 Å². The van der Waals surface area contributed by atoms with Gasteiger partial charge >= 0.3 is 0 Å². The molecule has 0 N–H and O–H groups in total. The van der Waals surface area contributed by atoms with Crippen LogP contribution in [-0.4, -0.2) is 44.3 Å². The van der Waals surface area contributed by atoms with Crippen LogP contribution in [0.15, 0.2) is 35.3 Å². The van der Waals surface area contributed by atoms with Crippen LogP contribution in [0, 0.1) is 11.5 Å². The fourth-order valence-corrected chi connectivity index (χ4v) is 1.64. The summed E-state index contributed by atoms with van der Waals surface area (Å²) in [6, 6.07) is 11.9. The Labute approximate surface area is 121 Å². The number of nitriles is 1. The van der Waals surface area contributed by atoms with E-state index in [0.717, 1.165) is 30.8 Å². The molecule has 1 aromatic rings. The van der Waals surface area contributed by atoms with E-state index in [4.69, 9.17) is 15.4 Å². The highest BCUT2D eigenvalue weighted by molar-refractivity contribution is 5.46. The van der Waals surface area contributed by atoms with Crippen molar-refractivity contribution in [3.8, 4) is 6.19 Å². The molecule has 0 spiro atoms. The molecule has 5 heteroatoms. The summed E-state index contributed by atoms with van der Waals surface area (Å²) in [6.45, 7) is 5.81. The van der Waals surface area contributed by atoms with E-state index in [9.17, 15) is 0 Å². The third kappa shape index (κ3) is 9.98. The average Bonchev–Trinajstić information content (AvgIpc) is 2.41. The molecule has 0 saturated carbocycles. The molecule has 0 saturated heterocycles. The Morgan fingerprint density at radius 1 is 1.30 bits per heavy atom. The summed E-state index contributed by atoms with van der Waals surface area (Å²) in [6.07, 6.45) is 1.28. The molecule has 0 aliphatic carbocycles. The summed E-state index contributed by atoms with van der Waals surface area (Å²) >= 11 is 0. The highest BCUT2D eigenvalue weighted by Crippen LogP contribution is 2.08. The van der Waals surface area contributed by atoms with Gasteiger partial charge in [0, 0.05) is 12.2 Å². The zero-order valence-electron chi connectivity index (χ0n) is 12.4. The Hall–Kier alpha value is -1.99. The first-order valence-electron chi connectivity index (χ1n) is 6.47. The van der Waals surface area contributed by atoms with Crippen LogP contribution in [0.2, 0.25) is 0 Å². The predicted molar refractivity (Wildman–Crippen MR) is 80.0 cm³/mol. The number of aliphatic imine (C=N–C) groups is 1. The van der Waals surface area contributed by atoms with Gasteiger partial charge in [0.25, 0.3) is 0 Å².